The van der Waals surface area contributed by atoms with Crippen molar-refractivity contribution in [2.24, 2.45) is 0 Å². The van der Waals surface area contributed by atoms with Crippen molar-refractivity contribution in [2.45, 2.75) is 25.8 Å². The predicted octanol–water partition coefficient (Wildman–Crippen LogP) is 3.97. The molecule has 1 aromatic heterocycles. The number of carbonyl (C=O) groups is 1. The number of hydrogen-bond donors (Lipinski definition) is 2. The van der Waals surface area contributed by atoms with Crippen molar-refractivity contribution >= 4 is 16.9 Å². The molecular weight excluding hydrogens is 293 g/mol. The summed E-state index contributed by atoms with van der Waals surface area (Å²) in [6, 6.07) is 13.1. The van der Waals surface area contributed by atoms with E-state index in [0.717, 1.165) is 29.7 Å². The molecule has 0 aliphatic carbocycles. The molecule has 1 heterocycles. The maximum Gasteiger partial charge on any atom is 0.251 e. The Bertz CT molecular complexity index is 778. The third-order valence-corrected chi connectivity index (χ3v) is 3.73. The summed E-state index contributed by atoms with van der Waals surface area (Å²) in [6.45, 7) is 2.06. The number of benzene rings is 2. The topological polar surface area (TPSA) is 57.8 Å². The van der Waals surface area contributed by atoms with Gasteiger partial charge in [-0.25, -0.2) is 9.37 Å². The van der Waals surface area contributed by atoms with Crippen LogP contribution < -0.4 is 5.32 Å². The van der Waals surface area contributed by atoms with Crippen molar-refractivity contribution in [3.05, 3.63) is 65.7 Å². The van der Waals surface area contributed by atoms with Crippen LogP contribution in [0, 0.1) is 5.82 Å². The minimum atomic E-state index is -0.357. The van der Waals surface area contributed by atoms with Crippen LogP contribution in [-0.2, 0) is 0 Å². The first-order chi connectivity index (χ1) is 11.2. The molecule has 5 heteroatoms. The summed E-state index contributed by atoms with van der Waals surface area (Å²) in [4.78, 5) is 20.2. The maximum atomic E-state index is 13.0. The van der Waals surface area contributed by atoms with E-state index >= 15 is 0 Å². The van der Waals surface area contributed by atoms with Gasteiger partial charge in [0.1, 0.15) is 11.6 Å². The number of aromatic nitrogens is 2. The Balaban J connectivity index is 1.83. The molecule has 118 valence electrons. The molecule has 1 amide bonds. The number of H-pyrrole nitrogens is 1. The van der Waals surface area contributed by atoms with Crippen molar-refractivity contribution in [1.29, 1.82) is 0 Å². The molecule has 0 saturated carbocycles. The van der Waals surface area contributed by atoms with Gasteiger partial charge in [-0.1, -0.05) is 25.5 Å². The summed E-state index contributed by atoms with van der Waals surface area (Å²) in [5.74, 6) is 0.149. The smallest absolute Gasteiger partial charge is 0.251 e. The van der Waals surface area contributed by atoms with Crippen molar-refractivity contribution < 1.29 is 9.18 Å². The van der Waals surface area contributed by atoms with Crippen molar-refractivity contribution in [1.82, 2.24) is 15.3 Å². The molecular formula is C18H18FN3O. The zero-order chi connectivity index (χ0) is 16.2. The number of carbonyl (C=O) groups excluding carboxylic acids is 1. The summed E-state index contributed by atoms with van der Waals surface area (Å²) in [5, 5.41) is 2.98. The summed E-state index contributed by atoms with van der Waals surface area (Å²) in [5.41, 5.74) is 2.25. The molecule has 0 aliphatic heterocycles. The molecule has 0 fully saturated rings. The lowest BCUT2D eigenvalue weighted by atomic mass is 10.1. The lowest BCUT2D eigenvalue weighted by molar-refractivity contribution is 0.0932. The van der Waals surface area contributed by atoms with Gasteiger partial charge in [0.25, 0.3) is 5.91 Å². The number of amides is 1. The van der Waals surface area contributed by atoms with Gasteiger partial charge in [0.05, 0.1) is 17.1 Å². The zero-order valence-electron chi connectivity index (χ0n) is 12.8. The molecule has 4 nitrogen and oxygen atoms in total. The largest absolute Gasteiger partial charge is 0.342 e. The number of fused-ring (bicyclic) bond motifs is 1. The molecule has 3 aromatic rings. The van der Waals surface area contributed by atoms with Gasteiger partial charge in [-0.05, 0) is 42.8 Å². The van der Waals surface area contributed by atoms with Crippen LogP contribution in [0.1, 0.15) is 42.0 Å². The molecule has 0 bridgehead atoms. The van der Waals surface area contributed by atoms with Gasteiger partial charge in [0.15, 0.2) is 0 Å². The fraction of sp³-hybridized carbons (Fsp3) is 0.222. The van der Waals surface area contributed by atoms with E-state index in [9.17, 15) is 9.18 Å². The molecule has 1 atom stereocenters. The molecule has 2 N–H and O–H groups in total. The molecule has 0 saturated heterocycles. The van der Waals surface area contributed by atoms with E-state index in [1.807, 2.05) is 24.3 Å². The fourth-order valence-electron chi connectivity index (χ4n) is 2.55. The SMILES string of the molecule is CCCC(NC(=O)c1ccc(F)cc1)c1nc2ccccc2[nH]1. The highest BCUT2D eigenvalue weighted by Gasteiger charge is 2.18. The molecule has 23 heavy (non-hydrogen) atoms. The number of aromatic amines is 1. The van der Waals surface area contributed by atoms with Gasteiger partial charge >= 0.3 is 0 Å². The average Bonchev–Trinajstić information content (AvgIpc) is 2.99. The lowest BCUT2D eigenvalue weighted by Gasteiger charge is -2.16. The first-order valence-electron chi connectivity index (χ1n) is 7.68. The van der Waals surface area contributed by atoms with Gasteiger partial charge in [-0.3, -0.25) is 4.79 Å². The van der Waals surface area contributed by atoms with E-state index in [4.69, 9.17) is 0 Å². The van der Waals surface area contributed by atoms with Crippen LogP contribution >= 0.6 is 0 Å². The molecule has 1 unspecified atom stereocenters. The minimum Gasteiger partial charge on any atom is -0.342 e. The van der Waals surface area contributed by atoms with Crippen LogP contribution in [0.2, 0.25) is 0 Å². The van der Waals surface area contributed by atoms with Crippen LogP contribution in [-0.4, -0.2) is 15.9 Å². The van der Waals surface area contributed by atoms with Crippen LogP contribution in [0.15, 0.2) is 48.5 Å². The van der Waals surface area contributed by atoms with Gasteiger partial charge in [0.2, 0.25) is 0 Å². The quantitative estimate of drug-likeness (QED) is 0.749. The molecule has 0 radical (unpaired) electrons. The fourth-order valence-corrected chi connectivity index (χ4v) is 2.55. The van der Waals surface area contributed by atoms with Gasteiger partial charge in [-0.2, -0.15) is 0 Å². The Morgan fingerprint density at radius 1 is 1.22 bits per heavy atom. The molecule has 3 rings (SSSR count). The van der Waals surface area contributed by atoms with Gasteiger partial charge < -0.3 is 10.3 Å². The average molecular weight is 311 g/mol. The van der Waals surface area contributed by atoms with Crippen LogP contribution in [0.5, 0.6) is 0 Å². The Hall–Kier alpha value is -2.69. The Kier molecular flexibility index (Phi) is 4.37. The van der Waals surface area contributed by atoms with E-state index < -0.39 is 0 Å². The van der Waals surface area contributed by atoms with E-state index in [2.05, 4.69) is 22.2 Å². The van der Waals surface area contributed by atoms with E-state index in [1.165, 1.54) is 24.3 Å². The van der Waals surface area contributed by atoms with Crippen LogP contribution in [0.3, 0.4) is 0 Å². The second-order valence-electron chi connectivity index (χ2n) is 5.46. The number of hydrogen-bond acceptors (Lipinski definition) is 2. The highest BCUT2D eigenvalue weighted by molar-refractivity contribution is 5.94. The van der Waals surface area contributed by atoms with Crippen molar-refractivity contribution in [3.63, 3.8) is 0 Å². The second-order valence-corrected chi connectivity index (χ2v) is 5.46. The summed E-state index contributed by atoms with van der Waals surface area (Å²) in [6.07, 6.45) is 1.68. The number of nitrogens with one attached hydrogen (secondary N) is 2. The molecule has 0 aliphatic rings. The highest BCUT2D eigenvalue weighted by Crippen LogP contribution is 2.20. The molecule has 2 aromatic carbocycles. The normalized spacial score (nSPS) is 12.3. The number of halogens is 1. The first kappa shape index (κ1) is 15.2. The standard InChI is InChI=1S/C18H18FN3O/c1-2-5-16(17-20-14-6-3-4-7-15(14)21-17)22-18(23)12-8-10-13(19)11-9-12/h3-4,6-11,16H,2,5H2,1H3,(H,20,21)(H,22,23). The summed E-state index contributed by atoms with van der Waals surface area (Å²) in [7, 11) is 0. The van der Waals surface area contributed by atoms with Crippen LogP contribution in [0.4, 0.5) is 4.39 Å². The van der Waals surface area contributed by atoms with E-state index in [1.54, 1.807) is 0 Å². The van der Waals surface area contributed by atoms with Gasteiger partial charge in [0, 0.05) is 5.56 Å². The number of rotatable bonds is 5. The Morgan fingerprint density at radius 2 is 1.96 bits per heavy atom. The van der Waals surface area contributed by atoms with Gasteiger partial charge in [-0.15, -0.1) is 0 Å². The molecule has 0 spiro atoms. The minimum absolute atomic E-state index is 0.204. The third-order valence-electron chi connectivity index (χ3n) is 3.73. The van der Waals surface area contributed by atoms with Crippen LogP contribution in [0.25, 0.3) is 11.0 Å². The monoisotopic (exact) mass is 311 g/mol. The van der Waals surface area contributed by atoms with E-state index in [-0.39, 0.29) is 17.8 Å². The number of para-hydroxylation sites is 2. The summed E-state index contributed by atoms with van der Waals surface area (Å²) >= 11 is 0. The second kappa shape index (κ2) is 6.60. The Morgan fingerprint density at radius 3 is 2.65 bits per heavy atom. The first-order valence-corrected chi connectivity index (χ1v) is 7.68. The predicted molar refractivity (Wildman–Crippen MR) is 87.6 cm³/mol. The third kappa shape index (κ3) is 3.39. The summed E-state index contributed by atoms with van der Waals surface area (Å²) < 4.78 is 13.0. The highest BCUT2D eigenvalue weighted by atomic mass is 19.1. The van der Waals surface area contributed by atoms with Crippen molar-refractivity contribution in [3.8, 4) is 0 Å². The maximum absolute atomic E-state index is 13.0. The Labute approximate surface area is 133 Å². The van der Waals surface area contributed by atoms with Crippen molar-refractivity contribution in [2.75, 3.05) is 0 Å². The van der Waals surface area contributed by atoms with E-state index in [0.29, 0.717) is 5.56 Å². The number of nitrogens with zero attached hydrogens (tertiary/aromatic N) is 1. The zero-order valence-corrected chi connectivity index (χ0v) is 12.8. The lowest BCUT2D eigenvalue weighted by Crippen LogP contribution is -2.29. The number of imidazole rings is 1.